The molecule has 0 radical (unpaired) electrons. The summed E-state index contributed by atoms with van der Waals surface area (Å²) in [7, 11) is -3.33. The molecule has 240 valence electrons. The Morgan fingerprint density at radius 2 is 1.89 bits per heavy atom. The van der Waals surface area contributed by atoms with Crippen molar-refractivity contribution in [3.05, 3.63) is 64.4 Å². The number of benzene rings is 1. The molecular weight excluding hydrogens is 616 g/mol. The number of carbonyl (C=O) groups is 2. The third-order valence-corrected chi connectivity index (χ3v) is 11.4. The Morgan fingerprint density at radius 3 is 2.64 bits per heavy atom. The number of sulfonamides is 1. The number of amides is 2. The normalized spacial score (nSPS) is 27.8. The standard InChI is InChI=1S/C30H38ClF2N5O5S/c31-24-10-8-19(13-25(24)33)27(20-12-21(32)15-34-14-20)28(37-30(40)41)29(39)36-26-6-2-1-4-18(26)7-9-23-16-35-22-5-3-11-44(42,43)38(23)17-22/h8,10,12-15,18,22-23,26-28,35,37H,1-7,9,11,16-17H2,(H,36,39)(H,40,41)/t18-,22-,23+,26+,27?,28?/m1/s1. The van der Waals surface area contributed by atoms with Gasteiger partial charge in [0.2, 0.25) is 15.9 Å². The lowest BCUT2D eigenvalue weighted by molar-refractivity contribution is -0.124. The van der Waals surface area contributed by atoms with Crippen molar-refractivity contribution in [1.29, 1.82) is 0 Å². The van der Waals surface area contributed by atoms with Crippen LogP contribution in [0.2, 0.25) is 5.02 Å². The number of pyridine rings is 1. The predicted octanol–water partition coefficient (Wildman–Crippen LogP) is 4.00. The summed E-state index contributed by atoms with van der Waals surface area (Å²) >= 11 is 5.89. The quantitative estimate of drug-likeness (QED) is 0.321. The number of piperazine rings is 1. The molecule has 2 saturated heterocycles. The number of hydrogen-bond donors (Lipinski definition) is 4. The summed E-state index contributed by atoms with van der Waals surface area (Å²) in [6.07, 6.45) is 6.94. The number of halogens is 3. The lowest BCUT2D eigenvalue weighted by Gasteiger charge is -2.39. The van der Waals surface area contributed by atoms with Gasteiger partial charge in [-0.15, -0.1) is 0 Å². The molecule has 1 aliphatic carbocycles. The molecule has 1 aromatic heterocycles. The van der Waals surface area contributed by atoms with Gasteiger partial charge >= 0.3 is 6.09 Å². The van der Waals surface area contributed by atoms with Gasteiger partial charge < -0.3 is 21.1 Å². The van der Waals surface area contributed by atoms with Gasteiger partial charge in [0.25, 0.3) is 0 Å². The van der Waals surface area contributed by atoms with Gasteiger partial charge in [-0.2, -0.15) is 4.31 Å². The summed E-state index contributed by atoms with van der Waals surface area (Å²) in [5, 5.41) is 18.4. The second kappa shape index (κ2) is 14.1. The van der Waals surface area contributed by atoms with Gasteiger partial charge in [0, 0.05) is 43.3 Å². The molecule has 3 fully saturated rings. The third kappa shape index (κ3) is 7.67. The first-order valence-electron chi connectivity index (χ1n) is 15.1. The van der Waals surface area contributed by atoms with Crippen LogP contribution in [0.5, 0.6) is 0 Å². The van der Waals surface area contributed by atoms with Gasteiger partial charge in [0.1, 0.15) is 17.7 Å². The molecule has 1 saturated carbocycles. The van der Waals surface area contributed by atoms with Crippen LogP contribution in [0.25, 0.3) is 0 Å². The van der Waals surface area contributed by atoms with Crippen molar-refractivity contribution in [3.8, 4) is 0 Å². The first-order valence-corrected chi connectivity index (χ1v) is 17.1. The average molecular weight is 654 g/mol. The molecule has 0 spiro atoms. The van der Waals surface area contributed by atoms with Gasteiger partial charge in [-0.3, -0.25) is 9.78 Å². The number of carboxylic acid groups (broad SMARTS) is 1. The summed E-state index contributed by atoms with van der Waals surface area (Å²) in [5.74, 6) is -3.01. The Morgan fingerprint density at radius 1 is 1.09 bits per heavy atom. The van der Waals surface area contributed by atoms with Crippen molar-refractivity contribution in [2.24, 2.45) is 5.92 Å². The number of nitrogens with one attached hydrogen (secondary N) is 3. The van der Waals surface area contributed by atoms with Crippen LogP contribution in [0.3, 0.4) is 0 Å². The van der Waals surface area contributed by atoms with Gasteiger partial charge in [-0.25, -0.2) is 22.0 Å². The number of hydrogen-bond acceptors (Lipinski definition) is 6. The van der Waals surface area contributed by atoms with Crippen molar-refractivity contribution in [1.82, 2.24) is 25.2 Å². The van der Waals surface area contributed by atoms with E-state index in [0.29, 0.717) is 38.8 Å². The van der Waals surface area contributed by atoms with E-state index >= 15 is 0 Å². The van der Waals surface area contributed by atoms with Crippen molar-refractivity contribution in [2.45, 2.75) is 81.5 Å². The maximum atomic E-state index is 14.6. The SMILES string of the molecule is O=C(O)NC(C(=O)N[C@H]1CCCC[C@@H]1CC[C@H]1CN[C@@H]2CCCS(=O)(=O)N1C2)C(c1cncc(F)c1)c1ccc(Cl)c(F)c1. The molecule has 7 atom stereocenters. The highest BCUT2D eigenvalue weighted by Crippen LogP contribution is 2.34. The highest BCUT2D eigenvalue weighted by molar-refractivity contribution is 7.89. The number of fused-ring (bicyclic) bond motifs is 2. The number of nitrogens with zero attached hydrogens (tertiary/aromatic N) is 2. The van der Waals surface area contributed by atoms with E-state index in [9.17, 15) is 31.9 Å². The first kappa shape index (κ1) is 32.5. The number of rotatable bonds is 9. The van der Waals surface area contributed by atoms with Gasteiger partial charge in [-0.05, 0) is 73.8 Å². The number of aromatic nitrogens is 1. The molecule has 1 aromatic carbocycles. The van der Waals surface area contributed by atoms with Crippen LogP contribution in [0, 0.1) is 17.6 Å². The molecular formula is C30H38ClF2N5O5S. The highest BCUT2D eigenvalue weighted by atomic mass is 35.5. The van der Waals surface area contributed by atoms with E-state index in [2.05, 4.69) is 20.9 Å². The third-order valence-electron chi connectivity index (χ3n) is 9.15. The molecule has 5 rings (SSSR count). The average Bonchev–Trinajstić information content (AvgIpc) is 3.09. The molecule has 2 aliphatic heterocycles. The zero-order valence-electron chi connectivity index (χ0n) is 24.2. The zero-order chi connectivity index (χ0) is 31.4. The van der Waals surface area contributed by atoms with Crippen molar-refractivity contribution in [2.75, 3.05) is 18.8 Å². The van der Waals surface area contributed by atoms with E-state index in [4.69, 9.17) is 11.6 Å². The van der Waals surface area contributed by atoms with Gasteiger partial charge in [-0.1, -0.05) is 30.5 Å². The van der Waals surface area contributed by atoms with Crippen LogP contribution in [0.1, 0.15) is 68.4 Å². The molecule has 44 heavy (non-hydrogen) atoms. The Kier molecular flexibility index (Phi) is 10.4. The molecule has 2 bridgehead atoms. The van der Waals surface area contributed by atoms with E-state index in [1.54, 1.807) is 4.31 Å². The monoisotopic (exact) mass is 653 g/mol. The molecule has 2 aromatic rings. The predicted molar refractivity (Wildman–Crippen MR) is 161 cm³/mol. The minimum Gasteiger partial charge on any atom is -0.465 e. The maximum absolute atomic E-state index is 14.6. The molecule has 2 amide bonds. The minimum absolute atomic E-state index is 0.0489. The molecule has 4 N–H and O–H groups in total. The Hall–Kier alpha value is -2.87. The molecule has 14 heteroatoms. The van der Waals surface area contributed by atoms with Crippen molar-refractivity contribution < 1.29 is 31.9 Å². The van der Waals surface area contributed by atoms with Crippen LogP contribution >= 0.6 is 11.6 Å². The first-order chi connectivity index (χ1) is 21.0. The van der Waals surface area contributed by atoms with E-state index in [1.165, 1.54) is 18.3 Å². The van der Waals surface area contributed by atoms with Gasteiger partial charge in [0.05, 0.1) is 17.0 Å². The van der Waals surface area contributed by atoms with Crippen LogP contribution in [0.15, 0.2) is 36.7 Å². The maximum Gasteiger partial charge on any atom is 0.405 e. The van der Waals surface area contributed by atoms with E-state index in [-0.39, 0.29) is 45.9 Å². The van der Waals surface area contributed by atoms with Crippen LogP contribution in [0.4, 0.5) is 13.6 Å². The molecule has 3 aliphatic rings. The fraction of sp³-hybridized carbons (Fsp3) is 0.567. The summed E-state index contributed by atoms with van der Waals surface area (Å²) in [6.45, 7) is 1.06. The second-order valence-electron chi connectivity index (χ2n) is 12.0. The smallest absolute Gasteiger partial charge is 0.405 e. The van der Waals surface area contributed by atoms with E-state index < -0.39 is 45.6 Å². The molecule has 3 heterocycles. The van der Waals surface area contributed by atoms with Crippen LogP contribution < -0.4 is 16.0 Å². The minimum atomic E-state index is -3.33. The van der Waals surface area contributed by atoms with Crippen molar-refractivity contribution >= 4 is 33.6 Å². The second-order valence-corrected chi connectivity index (χ2v) is 14.5. The zero-order valence-corrected chi connectivity index (χ0v) is 25.8. The van der Waals surface area contributed by atoms with E-state index in [1.807, 2.05) is 0 Å². The summed E-state index contributed by atoms with van der Waals surface area (Å²) < 4.78 is 56.4. The summed E-state index contributed by atoms with van der Waals surface area (Å²) in [6, 6.07) is 3.27. The van der Waals surface area contributed by atoms with Crippen molar-refractivity contribution in [3.63, 3.8) is 0 Å². The number of carbonyl (C=O) groups excluding carboxylic acids is 1. The van der Waals surface area contributed by atoms with Gasteiger partial charge in [0.15, 0.2) is 0 Å². The summed E-state index contributed by atoms with van der Waals surface area (Å²) in [5.41, 5.74) is 0.401. The summed E-state index contributed by atoms with van der Waals surface area (Å²) in [4.78, 5) is 29.7. The highest BCUT2D eigenvalue weighted by Gasteiger charge is 2.40. The fourth-order valence-electron chi connectivity index (χ4n) is 6.98. The molecule has 10 nitrogen and oxygen atoms in total. The lowest BCUT2D eigenvalue weighted by Crippen LogP contribution is -2.57. The van der Waals surface area contributed by atoms with Crippen LogP contribution in [-0.2, 0) is 14.8 Å². The fourth-order valence-corrected chi connectivity index (χ4v) is 8.91. The molecule has 3 unspecified atom stereocenters. The largest absolute Gasteiger partial charge is 0.465 e. The lowest BCUT2D eigenvalue weighted by atomic mass is 9.80. The van der Waals surface area contributed by atoms with E-state index in [0.717, 1.165) is 44.0 Å². The Bertz CT molecular complexity index is 1470. The Balaban J connectivity index is 1.36. The topological polar surface area (TPSA) is 141 Å². The van der Waals surface area contributed by atoms with Crippen LogP contribution in [-0.4, -0.2) is 77.8 Å². The Labute approximate surface area is 261 Å².